The standard InChI is InChI=1S/C21H18S2/c1-4-10-18(11-5-1)16-21(23-20-14-8-3-9-15-20)17-22-19-12-6-2-7-13-19/h1-16H,17H2/b21-16+. The summed E-state index contributed by atoms with van der Waals surface area (Å²) >= 11 is 3.72. The van der Waals surface area contributed by atoms with Gasteiger partial charge in [-0.25, -0.2) is 0 Å². The van der Waals surface area contributed by atoms with Gasteiger partial charge in [0.25, 0.3) is 0 Å². The Morgan fingerprint density at radius 1 is 0.652 bits per heavy atom. The first kappa shape index (κ1) is 16.0. The van der Waals surface area contributed by atoms with E-state index in [2.05, 4.69) is 97.1 Å². The van der Waals surface area contributed by atoms with Gasteiger partial charge >= 0.3 is 0 Å². The average molecular weight is 335 g/mol. The van der Waals surface area contributed by atoms with Crippen molar-refractivity contribution in [2.45, 2.75) is 9.79 Å². The first-order valence-corrected chi connectivity index (χ1v) is 9.37. The van der Waals surface area contributed by atoms with Crippen LogP contribution in [0.15, 0.2) is 106 Å². The van der Waals surface area contributed by atoms with Gasteiger partial charge in [-0.05, 0) is 35.9 Å². The molecule has 0 amide bonds. The summed E-state index contributed by atoms with van der Waals surface area (Å²) in [6, 6.07) is 31.7. The Hall–Kier alpha value is -1.90. The predicted octanol–water partition coefficient (Wildman–Crippen LogP) is 6.61. The number of hydrogen-bond acceptors (Lipinski definition) is 2. The van der Waals surface area contributed by atoms with E-state index in [1.54, 1.807) is 0 Å². The molecular weight excluding hydrogens is 316 g/mol. The van der Waals surface area contributed by atoms with Crippen LogP contribution in [0.4, 0.5) is 0 Å². The van der Waals surface area contributed by atoms with Crippen molar-refractivity contribution in [2.24, 2.45) is 0 Å². The van der Waals surface area contributed by atoms with Crippen molar-refractivity contribution >= 4 is 29.6 Å². The van der Waals surface area contributed by atoms with Gasteiger partial charge in [0.05, 0.1) is 0 Å². The number of rotatable bonds is 6. The summed E-state index contributed by atoms with van der Waals surface area (Å²) in [5.74, 6) is 0.971. The molecule has 2 heteroatoms. The minimum atomic E-state index is 0.971. The second-order valence-corrected chi connectivity index (χ2v) is 7.29. The molecular formula is C21H18S2. The number of hydrogen-bond donors (Lipinski definition) is 0. The van der Waals surface area contributed by atoms with Crippen LogP contribution in [0.25, 0.3) is 6.08 Å². The molecule has 0 spiro atoms. The van der Waals surface area contributed by atoms with E-state index < -0.39 is 0 Å². The second kappa shape index (κ2) is 8.66. The fourth-order valence-corrected chi connectivity index (χ4v) is 4.09. The molecule has 0 aliphatic heterocycles. The van der Waals surface area contributed by atoms with Gasteiger partial charge in [-0.2, -0.15) is 0 Å². The molecule has 114 valence electrons. The van der Waals surface area contributed by atoms with E-state index in [9.17, 15) is 0 Å². The lowest BCUT2D eigenvalue weighted by Crippen LogP contribution is -1.85. The van der Waals surface area contributed by atoms with Gasteiger partial charge in [0.15, 0.2) is 0 Å². The van der Waals surface area contributed by atoms with Crippen LogP contribution in [0.2, 0.25) is 0 Å². The van der Waals surface area contributed by atoms with E-state index >= 15 is 0 Å². The molecule has 0 saturated carbocycles. The fourth-order valence-electron chi connectivity index (χ4n) is 2.15. The maximum Gasteiger partial charge on any atom is 0.0295 e. The molecule has 0 aromatic heterocycles. The zero-order chi connectivity index (χ0) is 15.7. The van der Waals surface area contributed by atoms with E-state index in [1.807, 2.05) is 23.5 Å². The highest BCUT2D eigenvalue weighted by Crippen LogP contribution is 2.32. The highest BCUT2D eigenvalue weighted by Gasteiger charge is 2.03. The van der Waals surface area contributed by atoms with Crippen molar-refractivity contribution in [1.82, 2.24) is 0 Å². The van der Waals surface area contributed by atoms with E-state index in [0.29, 0.717) is 0 Å². The molecule has 3 aromatic carbocycles. The van der Waals surface area contributed by atoms with Gasteiger partial charge in [-0.1, -0.05) is 78.5 Å². The molecule has 0 aliphatic carbocycles. The monoisotopic (exact) mass is 334 g/mol. The molecule has 0 unspecified atom stereocenters. The minimum absolute atomic E-state index is 0.971. The molecule has 0 heterocycles. The number of thioether (sulfide) groups is 2. The van der Waals surface area contributed by atoms with Gasteiger partial charge in [0, 0.05) is 20.4 Å². The third-order valence-electron chi connectivity index (χ3n) is 3.24. The average Bonchev–Trinajstić information content (AvgIpc) is 2.62. The molecule has 0 bridgehead atoms. The summed E-state index contributed by atoms with van der Waals surface area (Å²) in [5, 5.41) is 0. The van der Waals surface area contributed by atoms with Crippen LogP contribution < -0.4 is 0 Å². The third kappa shape index (κ3) is 5.34. The summed E-state index contributed by atoms with van der Waals surface area (Å²) in [5.41, 5.74) is 1.25. The van der Waals surface area contributed by atoms with Crippen LogP contribution in [0.1, 0.15) is 5.56 Å². The molecule has 0 saturated heterocycles. The highest BCUT2D eigenvalue weighted by atomic mass is 32.2. The Kier molecular flexibility index (Phi) is 6.01. The van der Waals surface area contributed by atoms with Crippen LogP contribution in [-0.4, -0.2) is 5.75 Å². The van der Waals surface area contributed by atoms with Gasteiger partial charge in [0.2, 0.25) is 0 Å². The zero-order valence-electron chi connectivity index (χ0n) is 12.8. The van der Waals surface area contributed by atoms with Crippen molar-refractivity contribution in [3.8, 4) is 0 Å². The van der Waals surface area contributed by atoms with Crippen LogP contribution in [-0.2, 0) is 0 Å². The lowest BCUT2D eigenvalue weighted by atomic mass is 10.2. The van der Waals surface area contributed by atoms with Crippen molar-refractivity contribution < 1.29 is 0 Å². The first-order chi connectivity index (χ1) is 11.4. The normalized spacial score (nSPS) is 11.4. The van der Waals surface area contributed by atoms with Crippen molar-refractivity contribution in [1.29, 1.82) is 0 Å². The lowest BCUT2D eigenvalue weighted by Gasteiger charge is -2.08. The molecule has 0 aliphatic rings. The van der Waals surface area contributed by atoms with Crippen molar-refractivity contribution in [2.75, 3.05) is 5.75 Å². The maximum absolute atomic E-state index is 2.29. The minimum Gasteiger partial charge on any atom is -0.121 e. The summed E-state index contributed by atoms with van der Waals surface area (Å²) in [6.45, 7) is 0. The quantitative estimate of drug-likeness (QED) is 0.465. The van der Waals surface area contributed by atoms with Crippen LogP contribution >= 0.6 is 23.5 Å². The largest absolute Gasteiger partial charge is 0.121 e. The smallest absolute Gasteiger partial charge is 0.0295 e. The van der Waals surface area contributed by atoms with Crippen molar-refractivity contribution in [3.05, 3.63) is 101 Å². The SMILES string of the molecule is C(=C(/CSc1ccccc1)Sc1ccccc1)/c1ccccc1. The Morgan fingerprint density at radius 2 is 1.17 bits per heavy atom. The van der Waals surface area contributed by atoms with E-state index in [0.717, 1.165) is 5.75 Å². The van der Waals surface area contributed by atoms with Crippen LogP contribution in [0.5, 0.6) is 0 Å². The molecule has 23 heavy (non-hydrogen) atoms. The third-order valence-corrected chi connectivity index (χ3v) is 5.52. The zero-order valence-corrected chi connectivity index (χ0v) is 14.4. The highest BCUT2D eigenvalue weighted by molar-refractivity contribution is 8.06. The number of benzene rings is 3. The second-order valence-electron chi connectivity index (χ2n) is 5.04. The van der Waals surface area contributed by atoms with Crippen LogP contribution in [0, 0.1) is 0 Å². The Labute approximate surface area is 146 Å². The molecule has 0 N–H and O–H groups in total. The molecule has 0 fully saturated rings. The Morgan fingerprint density at radius 3 is 1.78 bits per heavy atom. The molecule has 3 aromatic rings. The van der Waals surface area contributed by atoms with Crippen molar-refractivity contribution in [3.63, 3.8) is 0 Å². The van der Waals surface area contributed by atoms with E-state index in [1.165, 1.54) is 20.3 Å². The van der Waals surface area contributed by atoms with Gasteiger partial charge in [0.1, 0.15) is 0 Å². The topological polar surface area (TPSA) is 0 Å². The van der Waals surface area contributed by atoms with Crippen LogP contribution in [0.3, 0.4) is 0 Å². The molecule has 0 atom stereocenters. The first-order valence-electron chi connectivity index (χ1n) is 7.56. The van der Waals surface area contributed by atoms with E-state index in [-0.39, 0.29) is 0 Å². The lowest BCUT2D eigenvalue weighted by molar-refractivity contribution is 1.45. The van der Waals surface area contributed by atoms with E-state index in [4.69, 9.17) is 0 Å². The Balaban J connectivity index is 1.77. The summed E-state index contributed by atoms with van der Waals surface area (Å²) in [7, 11) is 0. The summed E-state index contributed by atoms with van der Waals surface area (Å²) < 4.78 is 0. The Bertz CT molecular complexity index is 735. The summed E-state index contributed by atoms with van der Waals surface area (Å²) in [4.78, 5) is 3.94. The molecule has 3 rings (SSSR count). The molecule has 0 nitrogen and oxygen atoms in total. The fraction of sp³-hybridized carbons (Fsp3) is 0.0476. The maximum atomic E-state index is 2.29. The molecule has 0 radical (unpaired) electrons. The van der Waals surface area contributed by atoms with Gasteiger partial charge < -0.3 is 0 Å². The van der Waals surface area contributed by atoms with Gasteiger partial charge in [-0.15, -0.1) is 11.8 Å². The van der Waals surface area contributed by atoms with Gasteiger partial charge in [-0.3, -0.25) is 0 Å². The summed E-state index contributed by atoms with van der Waals surface area (Å²) in [6.07, 6.45) is 2.29. The predicted molar refractivity (Wildman–Crippen MR) is 104 cm³/mol.